The Morgan fingerprint density at radius 2 is 1.66 bits per heavy atom. The first-order valence-corrected chi connectivity index (χ1v) is 11.4. The van der Waals surface area contributed by atoms with E-state index in [0.717, 1.165) is 36.5 Å². The molecule has 0 aliphatic heterocycles. The lowest BCUT2D eigenvalue weighted by Crippen LogP contribution is -2.38. The maximum Gasteiger partial charge on any atom is 0.321 e. The molecule has 2 aromatic carbocycles. The van der Waals surface area contributed by atoms with Crippen molar-refractivity contribution >= 4 is 32.7 Å². The van der Waals surface area contributed by atoms with Crippen molar-refractivity contribution in [3.05, 3.63) is 42.5 Å². The lowest BCUT2D eigenvalue weighted by Gasteiger charge is -2.16. The number of hydrogen-bond donors (Lipinski definition) is 2. The Morgan fingerprint density at radius 3 is 2.38 bits per heavy atom. The molecule has 7 nitrogen and oxygen atoms in total. The van der Waals surface area contributed by atoms with Crippen molar-refractivity contribution in [1.82, 2.24) is 10.0 Å². The Hall–Kier alpha value is -2.45. The maximum absolute atomic E-state index is 12.4. The van der Waals surface area contributed by atoms with Crippen LogP contribution in [-0.4, -0.2) is 39.5 Å². The number of carbonyl (C=O) groups is 2. The molecule has 156 valence electrons. The summed E-state index contributed by atoms with van der Waals surface area (Å²) >= 11 is 0. The van der Waals surface area contributed by atoms with Gasteiger partial charge in [0.25, 0.3) is 5.91 Å². The van der Waals surface area contributed by atoms with Crippen LogP contribution in [0.5, 0.6) is 0 Å². The predicted molar refractivity (Wildman–Crippen MR) is 110 cm³/mol. The van der Waals surface area contributed by atoms with Crippen molar-refractivity contribution in [2.45, 2.75) is 49.5 Å². The van der Waals surface area contributed by atoms with Crippen LogP contribution in [-0.2, 0) is 24.3 Å². The molecule has 29 heavy (non-hydrogen) atoms. The highest BCUT2D eigenvalue weighted by Gasteiger charge is 2.18. The predicted octanol–water partition coefficient (Wildman–Crippen LogP) is 2.50. The number of carbonyl (C=O) groups excluding carboxylic acids is 2. The fourth-order valence-corrected chi connectivity index (χ4v) is 4.47. The molecular weight excluding hydrogens is 392 g/mol. The summed E-state index contributed by atoms with van der Waals surface area (Å²) in [5.41, 5.74) is 0. The molecule has 2 N–H and O–H groups in total. The Bertz CT molecular complexity index is 966. The zero-order chi connectivity index (χ0) is 20.7. The number of benzene rings is 2. The van der Waals surface area contributed by atoms with Gasteiger partial charge in [-0.15, -0.1) is 0 Å². The van der Waals surface area contributed by atoms with Crippen molar-refractivity contribution in [3.63, 3.8) is 0 Å². The van der Waals surface area contributed by atoms with Crippen molar-refractivity contribution in [2.24, 2.45) is 0 Å². The van der Waals surface area contributed by atoms with Crippen molar-refractivity contribution in [3.8, 4) is 0 Å². The Balaban J connectivity index is 1.46. The Labute approximate surface area is 170 Å². The van der Waals surface area contributed by atoms with Crippen molar-refractivity contribution in [2.75, 3.05) is 13.2 Å². The molecule has 0 unspecified atom stereocenters. The molecule has 0 radical (unpaired) electrons. The van der Waals surface area contributed by atoms with Crippen LogP contribution in [0.15, 0.2) is 47.4 Å². The van der Waals surface area contributed by atoms with E-state index in [2.05, 4.69) is 10.0 Å². The van der Waals surface area contributed by atoms with Gasteiger partial charge in [0.05, 0.1) is 4.90 Å². The molecule has 1 fully saturated rings. The minimum atomic E-state index is -3.86. The van der Waals surface area contributed by atoms with Gasteiger partial charge >= 0.3 is 5.97 Å². The van der Waals surface area contributed by atoms with E-state index in [1.54, 1.807) is 12.1 Å². The molecule has 8 heteroatoms. The van der Waals surface area contributed by atoms with Crippen LogP contribution >= 0.6 is 0 Å². The van der Waals surface area contributed by atoms with Crippen LogP contribution in [0.4, 0.5) is 0 Å². The summed E-state index contributed by atoms with van der Waals surface area (Å²) in [5, 5.41) is 4.58. The SMILES string of the molecule is O=C(COC(=O)CNS(=O)(=O)c1ccc2ccccc2c1)NC1CCCCCC1. The van der Waals surface area contributed by atoms with E-state index in [1.165, 1.54) is 18.9 Å². The van der Waals surface area contributed by atoms with E-state index in [4.69, 9.17) is 4.74 Å². The van der Waals surface area contributed by atoms with Crippen LogP contribution in [0.25, 0.3) is 10.8 Å². The van der Waals surface area contributed by atoms with Crippen LogP contribution in [0, 0.1) is 0 Å². The molecule has 1 amide bonds. The Kier molecular flexibility index (Phi) is 7.22. The molecule has 0 heterocycles. The third-order valence-electron chi connectivity index (χ3n) is 5.02. The lowest BCUT2D eigenvalue weighted by atomic mass is 10.1. The molecule has 1 saturated carbocycles. The molecule has 0 saturated heterocycles. The van der Waals surface area contributed by atoms with Gasteiger partial charge in [0.15, 0.2) is 6.61 Å². The molecule has 0 aromatic heterocycles. The molecule has 0 bridgehead atoms. The zero-order valence-corrected chi connectivity index (χ0v) is 17.0. The molecule has 2 aromatic rings. The van der Waals surface area contributed by atoms with E-state index in [-0.39, 0.29) is 16.8 Å². The first-order valence-electron chi connectivity index (χ1n) is 9.87. The quantitative estimate of drug-likeness (QED) is 0.531. The fraction of sp³-hybridized carbons (Fsp3) is 0.429. The highest BCUT2D eigenvalue weighted by atomic mass is 32.2. The van der Waals surface area contributed by atoms with Gasteiger partial charge in [-0.3, -0.25) is 9.59 Å². The van der Waals surface area contributed by atoms with Crippen LogP contribution in [0.1, 0.15) is 38.5 Å². The summed E-state index contributed by atoms with van der Waals surface area (Å²) in [6, 6.07) is 12.3. The molecule has 0 spiro atoms. The minimum absolute atomic E-state index is 0.0649. The molecule has 1 aliphatic rings. The number of sulfonamides is 1. The Morgan fingerprint density at radius 1 is 0.966 bits per heavy atom. The zero-order valence-electron chi connectivity index (χ0n) is 16.2. The van der Waals surface area contributed by atoms with Gasteiger partial charge < -0.3 is 10.1 Å². The maximum atomic E-state index is 12.4. The van der Waals surface area contributed by atoms with Gasteiger partial charge in [0.2, 0.25) is 10.0 Å². The van der Waals surface area contributed by atoms with E-state index in [1.807, 2.05) is 24.3 Å². The molecule has 1 aliphatic carbocycles. The van der Waals surface area contributed by atoms with Crippen molar-refractivity contribution < 1.29 is 22.7 Å². The third-order valence-corrected chi connectivity index (χ3v) is 6.42. The first-order chi connectivity index (χ1) is 13.9. The average Bonchev–Trinajstić information content (AvgIpc) is 2.99. The van der Waals surface area contributed by atoms with Crippen LogP contribution < -0.4 is 10.0 Å². The second-order valence-electron chi connectivity index (χ2n) is 7.25. The van der Waals surface area contributed by atoms with Crippen LogP contribution in [0.2, 0.25) is 0 Å². The number of amides is 1. The van der Waals surface area contributed by atoms with Gasteiger partial charge in [0, 0.05) is 6.04 Å². The summed E-state index contributed by atoms with van der Waals surface area (Å²) in [6.07, 6.45) is 6.40. The van der Waals surface area contributed by atoms with Gasteiger partial charge in [-0.05, 0) is 35.7 Å². The van der Waals surface area contributed by atoms with E-state index in [9.17, 15) is 18.0 Å². The molecule has 0 atom stereocenters. The first kappa shape index (κ1) is 21.3. The number of nitrogens with one attached hydrogen (secondary N) is 2. The number of fused-ring (bicyclic) bond motifs is 1. The second kappa shape index (κ2) is 9.84. The van der Waals surface area contributed by atoms with Gasteiger partial charge in [-0.25, -0.2) is 8.42 Å². The number of rotatable bonds is 7. The van der Waals surface area contributed by atoms with Gasteiger partial charge in [0.1, 0.15) is 6.54 Å². The topological polar surface area (TPSA) is 102 Å². The normalized spacial score (nSPS) is 15.6. The number of esters is 1. The molecule has 3 rings (SSSR count). The summed E-state index contributed by atoms with van der Waals surface area (Å²) in [7, 11) is -3.86. The smallest absolute Gasteiger partial charge is 0.321 e. The second-order valence-corrected chi connectivity index (χ2v) is 9.02. The van der Waals surface area contributed by atoms with Gasteiger partial charge in [-0.1, -0.05) is 56.0 Å². The van der Waals surface area contributed by atoms with Gasteiger partial charge in [-0.2, -0.15) is 4.72 Å². The largest absolute Gasteiger partial charge is 0.455 e. The highest BCUT2D eigenvalue weighted by molar-refractivity contribution is 7.89. The lowest BCUT2D eigenvalue weighted by molar-refractivity contribution is -0.147. The standard InChI is InChI=1S/C21H26N2O5S/c24-20(23-18-9-3-1-2-4-10-18)15-28-21(25)14-22-29(26,27)19-12-11-16-7-5-6-8-17(16)13-19/h5-8,11-13,18,22H,1-4,9-10,14-15H2,(H,23,24). The summed E-state index contributed by atoms with van der Waals surface area (Å²) < 4.78 is 32.0. The fourth-order valence-electron chi connectivity index (χ4n) is 3.46. The van der Waals surface area contributed by atoms with E-state index >= 15 is 0 Å². The van der Waals surface area contributed by atoms with Crippen molar-refractivity contribution in [1.29, 1.82) is 0 Å². The summed E-state index contributed by atoms with van der Waals surface area (Å²) in [5.74, 6) is -1.16. The minimum Gasteiger partial charge on any atom is -0.455 e. The number of ether oxygens (including phenoxy) is 1. The summed E-state index contributed by atoms with van der Waals surface area (Å²) in [4.78, 5) is 23.9. The third kappa shape index (κ3) is 6.27. The number of hydrogen-bond acceptors (Lipinski definition) is 5. The molecular formula is C21H26N2O5S. The van der Waals surface area contributed by atoms with E-state index in [0.29, 0.717) is 0 Å². The van der Waals surface area contributed by atoms with E-state index < -0.39 is 29.1 Å². The van der Waals surface area contributed by atoms with Crippen LogP contribution in [0.3, 0.4) is 0 Å². The highest BCUT2D eigenvalue weighted by Crippen LogP contribution is 2.19. The average molecular weight is 419 g/mol. The summed E-state index contributed by atoms with van der Waals surface area (Å²) in [6.45, 7) is -0.946. The monoisotopic (exact) mass is 418 g/mol.